The Morgan fingerprint density at radius 3 is 2.63 bits per heavy atom. The van der Waals surface area contributed by atoms with Gasteiger partial charge < -0.3 is 14.8 Å². The molecule has 0 fully saturated rings. The summed E-state index contributed by atoms with van der Waals surface area (Å²) in [6.45, 7) is 7.75. The number of methoxy groups -OCH3 is 1. The monoisotopic (exact) mass is 424 g/mol. The summed E-state index contributed by atoms with van der Waals surface area (Å²) >= 11 is 6.23. The number of benzene rings is 2. The number of hydrogen-bond acceptors (Lipinski definition) is 4. The highest BCUT2D eigenvalue weighted by atomic mass is 35.5. The summed E-state index contributed by atoms with van der Waals surface area (Å²) in [7, 11) is 1.54. The highest BCUT2D eigenvalue weighted by Gasteiger charge is 2.15. The van der Waals surface area contributed by atoms with Crippen molar-refractivity contribution in [3.05, 3.63) is 76.3 Å². The zero-order valence-electron chi connectivity index (χ0n) is 17.4. The lowest BCUT2D eigenvalue weighted by Crippen LogP contribution is -2.30. The van der Waals surface area contributed by atoms with Crippen molar-refractivity contribution >= 4 is 23.6 Å². The molecule has 1 amide bonds. The highest BCUT2D eigenvalue weighted by Crippen LogP contribution is 2.35. The van der Waals surface area contributed by atoms with Gasteiger partial charge in [0.05, 0.1) is 7.11 Å². The number of ether oxygens (including phenoxy) is 2. The van der Waals surface area contributed by atoms with Gasteiger partial charge in [-0.1, -0.05) is 35.9 Å². The van der Waals surface area contributed by atoms with Gasteiger partial charge in [-0.25, -0.2) is 0 Å². The Kier molecular flexibility index (Phi) is 8.52. The SMILES string of the molecule is C=CCc1cc(/C=C(/C#N)C(=O)NC(C)C)cc(OC)c1OCc1ccccc1Cl. The smallest absolute Gasteiger partial charge is 0.262 e. The van der Waals surface area contributed by atoms with E-state index in [0.717, 1.165) is 11.1 Å². The van der Waals surface area contributed by atoms with E-state index in [0.29, 0.717) is 28.5 Å². The quantitative estimate of drug-likeness (QED) is 0.346. The first-order valence-electron chi connectivity index (χ1n) is 9.50. The van der Waals surface area contributed by atoms with Crippen LogP contribution < -0.4 is 14.8 Å². The number of nitrogens with one attached hydrogen (secondary N) is 1. The fraction of sp³-hybridized carbons (Fsp3) is 0.250. The Hall–Kier alpha value is -3.23. The average Bonchev–Trinajstić information content (AvgIpc) is 2.71. The first-order valence-corrected chi connectivity index (χ1v) is 9.88. The Balaban J connectivity index is 2.41. The number of hydrogen-bond donors (Lipinski definition) is 1. The summed E-state index contributed by atoms with van der Waals surface area (Å²) < 4.78 is 11.6. The van der Waals surface area contributed by atoms with Crippen LogP contribution in [-0.2, 0) is 17.8 Å². The minimum atomic E-state index is -0.421. The second kappa shape index (κ2) is 11.1. The fourth-order valence-corrected chi connectivity index (χ4v) is 3.00. The molecule has 0 bridgehead atoms. The first kappa shape index (κ1) is 23.1. The van der Waals surface area contributed by atoms with Crippen molar-refractivity contribution in [2.75, 3.05) is 7.11 Å². The lowest BCUT2D eigenvalue weighted by molar-refractivity contribution is -0.117. The molecule has 0 saturated heterocycles. The van der Waals surface area contributed by atoms with E-state index >= 15 is 0 Å². The van der Waals surface area contributed by atoms with Gasteiger partial charge in [-0.3, -0.25) is 4.79 Å². The molecule has 0 atom stereocenters. The summed E-state index contributed by atoms with van der Waals surface area (Å²) in [6.07, 6.45) is 3.81. The molecule has 2 rings (SSSR count). The van der Waals surface area contributed by atoms with E-state index in [-0.39, 0.29) is 18.2 Å². The molecular formula is C24H25ClN2O3. The topological polar surface area (TPSA) is 71.4 Å². The standard InChI is InChI=1S/C24H25ClN2O3/c1-5-8-18-11-17(12-20(14-26)24(28)27-16(2)3)13-22(29-4)23(18)30-15-19-9-6-7-10-21(19)25/h5-7,9-13,16H,1,8,15H2,2-4H3,(H,27,28)/b20-12-. The van der Waals surface area contributed by atoms with E-state index in [4.69, 9.17) is 21.1 Å². The minimum absolute atomic E-state index is 0.0139. The van der Waals surface area contributed by atoms with E-state index in [2.05, 4.69) is 11.9 Å². The Labute approximate surface area is 182 Å². The molecule has 2 aromatic carbocycles. The van der Waals surface area contributed by atoms with E-state index in [1.54, 1.807) is 19.3 Å². The summed E-state index contributed by atoms with van der Waals surface area (Å²) in [5.74, 6) is 0.643. The third-order valence-electron chi connectivity index (χ3n) is 4.16. The number of carbonyl (C=O) groups is 1. The van der Waals surface area contributed by atoms with Crippen LogP contribution in [0.5, 0.6) is 11.5 Å². The van der Waals surface area contributed by atoms with Gasteiger partial charge >= 0.3 is 0 Å². The maximum Gasteiger partial charge on any atom is 0.262 e. The molecule has 0 saturated carbocycles. The van der Waals surface area contributed by atoms with Crippen molar-refractivity contribution in [2.45, 2.75) is 32.9 Å². The second-order valence-corrected chi connectivity index (χ2v) is 7.29. The maximum absolute atomic E-state index is 12.2. The van der Waals surface area contributed by atoms with Gasteiger partial charge in [0.15, 0.2) is 11.5 Å². The van der Waals surface area contributed by atoms with E-state index in [1.807, 2.05) is 50.2 Å². The van der Waals surface area contributed by atoms with Crippen LogP contribution in [-0.4, -0.2) is 19.1 Å². The zero-order valence-corrected chi connectivity index (χ0v) is 18.1. The van der Waals surface area contributed by atoms with Gasteiger partial charge in [0.2, 0.25) is 0 Å². The third-order valence-corrected chi connectivity index (χ3v) is 4.53. The lowest BCUT2D eigenvalue weighted by atomic mass is 10.0. The first-order chi connectivity index (χ1) is 14.4. The van der Waals surface area contributed by atoms with E-state index in [9.17, 15) is 10.1 Å². The molecule has 0 aliphatic carbocycles. The van der Waals surface area contributed by atoms with Crippen LogP contribution in [0.25, 0.3) is 6.08 Å². The maximum atomic E-state index is 12.2. The molecule has 156 valence electrons. The Morgan fingerprint density at radius 1 is 1.30 bits per heavy atom. The molecule has 0 aliphatic rings. The summed E-state index contributed by atoms with van der Waals surface area (Å²) in [6, 6.07) is 12.9. The minimum Gasteiger partial charge on any atom is -0.493 e. The van der Waals surface area contributed by atoms with Crippen LogP contribution in [0.15, 0.2) is 54.6 Å². The molecular weight excluding hydrogens is 400 g/mol. The number of nitriles is 1. The molecule has 0 radical (unpaired) electrons. The van der Waals surface area contributed by atoms with Crippen LogP contribution >= 0.6 is 11.6 Å². The molecule has 1 N–H and O–H groups in total. The molecule has 30 heavy (non-hydrogen) atoms. The van der Waals surface area contributed by atoms with Gasteiger partial charge in [-0.05, 0) is 50.1 Å². The number of allylic oxidation sites excluding steroid dienone is 1. The summed E-state index contributed by atoms with van der Waals surface area (Å²) in [5.41, 5.74) is 2.35. The van der Waals surface area contributed by atoms with Crippen LogP contribution in [0.3, 0.4) is 0 Å². The Morgan fingerprint density at radius 2 is 2.03 bits per heavy atom. The lowest BCUT2D eigenvalue weighted by Gasteiger charge is -2.16. The number of halogens is 1. The molecule has 6 heteroatoms. The summed E-state index contributed by atoms with van der Waals surface area (Å²) in [4.78, 5) is 12.2. The van der Waals surface area contributed by atoms with Crippen LogP contribution in [0, 0.1) is 11.3 Å². The largest absolute Gasteiger partial charge is 0.493 e. The Bertz CT molecular complexity index is 990. The molecule has 0 unspecified atom stereocenters. The van der Waals surface area contributed by atoms with Gasteiger partial charge in [0, 0.05) is 22.2 Å². The van der Waals surface area contributed by atoms with Crippen molar-refractivity contribution in [3.8, 4) is 17.6 Å². The van der Waals surface area contributed by atoms with Gasteiger partial charge in [-0.2, -0.15) is 5.26 Å². The molecule has 0 spiro atoms. The molecule has 0 heterocycles. The van der Waals surface area contributed by atoms with Crippen molar-refractivity contribution in [1.29, 1.82) is 5.26 Å². The number of rotatable bonds is 9. The van der Waals surface area contributed by atoms with Crippen molar-refractivity contribution < 1.29 is 14.3 Å². The number of nitrogens with zero attached hydrogens (tertiary/aromatic N) is 1. The van der Waals surface area contributed by atoms with E-state index in [1.165, 1.54) is 6.08 Å². The van der Waals surface area contributed by atoms with Crippen LogP contribution in [0.1, 0.15) is 30.5 Å². The van der Waals surface area contributed by atoms with Gasteiger partial charge in [0.25, 0.3) is 5.91 Å². The predicted octanol–water partition coefficient (Wildman–Crippen LogP) is 5.09. The van der Waals surface area contributed by atoms with Gasteiger partial charge in [0.1, 0.15) is 18.2 Å². The normalized spacial score (nSPS) is 11.0. The number of amides is 1. The predicted molar refractivity (Wildman–Crippen MR) is 120 cm³/mol. The second-order valence-electron chi connectivity index (χ2n) is 6.88. The van der Waals surface area contributed by atoms with E-state index < -0.39 is 5.91 Å². The fourth-order valence-electron chi connectivity index (χ4n) is 2.81. The molecule has 0 aliphatic heterocycles. The van der Waals surface area contributed by atoms with Gasteiger partial charge in [-0.15, -0.1) is 6.58 Å². The molecule has 5 nitrogen and oxygen atoms in total. The van der Waals surface area contributed by atoms with Crippen molar-refractivity contribution in [3.63, 3.8) is 0 Å². The van der Waals surface area contributed by atoms with Crippen LogP contribution in [0.4, 0.5) is 0 Å². The average molecular weight is 425 g/mol. The molecule has 2 aromatic rings. The summed E-state index contributed by atoms with van der Waals surface area (Å²) in [5, 5.41) is 12.7. The highest BCUT2D eigenvalue weighted by molar-refractivity contribution is 6.31. The van der Waals surface area contributed by atoms with Crippen LogP contribution in [0.2, 0.25) is 5.02 Å². The van der Waals surface area contributed by atoms with Crippen molar-refractivity contribution in [2.24, 2.45) is 0 Å². The zero-order chi connectivity index (χ0) is 22.1. The van der Waals surface area contributed by atoms with Crippen molar-refractivity contribution in [1.82, 2.24) is 5.32 Å². The number of carbonyl (C=O) groups excluding carboxylic acids is 1. The molecule has 0 aromatic heterocycles. The third kappa shape index (κ3) is 6.13.